The first-order valence-electron chi connectivity index (χ1n) is 2.84. The van der Waals surface area contributed by atoms with Gasteiger partial charge in [0.05, 0.1) is 6.10 Å². The van der Waals surface area contributed by atoms with Gasteiger partial charge >= 0.3 is 0 Å². The summed E-state index contributed by atoms with van der Waals surface area (Å²) in [7, 11) is 0. The number of aliphatic hydroxyl groups excluding tert-OH is 1. The average molecular weight is 124 g/mol. The molecule has 0 aliphatic carbocycles. The van der Waals surface area contributed by atoms with Gasteiger partial charge in [-0.05, 0) is 12.5 Å². The third-order valence-electron chi connectivity index (χ3n) is 0.983. The maximum atomic E-state index is 8.86. The zero-order valence-corrected chi connectivity index (χ0v) is 5.67. The molecule has 1 nitrogen and oxygen atoms in total. The van der Waals surface area contributed by atoms with Crippen LogP contribution in [0.3, 0.4) is 0 Å². The van der Waals surface area contributed by atoms with E-state index in [2.05, 4.69) is 13.2 Å². The summed E-state index contributed by atoms with van der Waals surface area (Å²) >= 11 is 0. The molecule has 1 atom stereocenters. The van der Waals surface area contributed by atoms with Crippen molar-refractivity contribution in [3.63, 3.8) is 0 Å². The van der Waals surface area contributed by atoms with E-state index in [1.165, 1.54) is 0 Å². The number of hydrogen-bond donors (Lipinski definition) is 1. The van der Waals surface area contributed by atoms with Gasteiger partial charge in [0.2, 0.25) is 0 Å². The fourth-order valence-corrected chi connectivity index (χ4v) is 0.331. The van der Waals surface area contributed by atoms with Crippen molar-refractivity contribution in [2.24, 2.45) is 0 Å². The average Bonchev–Trinajstić information content (AvgIpc) is 1.82. The normalized spacial score (nSPS) is 13.6. The molecule has 50 valence electrons. The van der Waals surface area contributed by atoms with Crippen LogP contribution in [0.1, 0.15) is 6.92 Å². The Morgan fingerprint density at radius 3 is 2.56 bits per heavy atom. The predicted octanol–water partition coefficient (Wildman–Crippen LogP) is 1.67. The second kappa shape index (κ2) is 4.10. The second-order valence-corrected chi connectivity index (χ2v) is 1.85. The van der Waals surface area contributed by atoms with Gasteiger partial charge in [0.25, 0.3) is 0 Å². The molecule has 0 fully saturated rings. The molecule has 0 spiro atoms. The lowest BCUT2D eigenvalue weighted by Crippen LogP contribution is -1.99. The smallest absolute Gasteiger partial charge is 0.0756 e. The zero-order valence-electron chi connectivity index (χ0n) is 5.67. The minimum absolute atomic E-state index is 0.457. The number of allylic oxidation sites excluding steroid dienone is 2. The topological polar surface area (TPSA) is 20.2 Å². The van der Waals surface area contributed by atoms with Gasteiger partial charge in [-0.2, -0.15) is 0 Å². The number of hydrogen-bond acceptors (Lipinski definition) is 1. The summed E-state index contributed by atoms with van der Waals surface area (Å²) in [5.74, 6) is 0. The van der Waals surface area contributed by atoms with E-state index in [-0.39, 0.29) is 0 Å². The van der Waals surface area contributed by atoms with Gasteiger partial charge in [-0.15, -0.1) is 0 Å². The molecule has 0 aliphatic rings. The molecule has 0 aromatic carbocycles. The molecule has 0 radical (unpaired) electrons. The maximum Gasteiger partial charge on any atom is 0.0756 e. The highest BCUT2D eigenvalue weighted by atomic mass is 16.3. The molecular weight excluding hydrogens is 112 g/mol. The summed E-state index contributed by atoms with van der Waals surface area (Å²) in [5, 5.41) is 8.86. The van der Waals surface area contributed by atoms with Gasteiger partial charge in [-0.3, -0.25) is 0 Å². The highest BCUT2D eigenvalue weighted by Gasteiger charge is 1.93. The lowest BCUT2D eigenvalue weighted by Gasteiger charge is -1.99. The van der Waals surface area contributed by atoms with Crippen LogP contribution in [0.15, 0.2) is 37.0 Å². The lowest BCUT2D eigenvalue weighted by atomic mass is 10.2. The van der Waals surface area contributed by atoms with E-state index in [9.17, 15) is 0 Å². The van der Waals surface area contributed by atoms with E-state index in [1.54, 1.807) is 25.2 Å². The maximum absolute atomic E-state index is 8.86. The van der Waals surface area contributed by atoms with Crippen molar-refractivity contribution < 1.29 is 5.11 Å². The van der Waals surface area contributed by atoms with Crippen molar-refractivity contribution in [1.82, 2.24) is 0 Å². The molecule has 1 N–H and O–H groups in total. The fourth-order valence-electron chi connectivity index (χ4n) is 0.331. The van der Waals surface area contributed by atoms with E-state index in [0.29, 0.717) is 5.57 Å². The summed E-state index contributed by atoms with van der Waals surface area (Å²) in [4.78, 5) is 0. The summed E-state index contributed by atoms with van der Waals surface area (Å²) in [6.45, 7) is 8.77. The standard InChI is InChI=1S/C8H12O/c1-4-5-6-7(2)8(3)9/h4-6,8-9H,1-2H2,3H3/b6-5-. The monoisotopic (exact) mass is 124 g/mol. The second-order valence-electron chi connectivity index (χ2n) is 1.85. The Morgan fingerprint density at radius 1 is 1.67 bits per heavy atom. The van der Waals surface area contributed by atoms with Crippen molar-refractivity contribution in [3.05, 3.63) is 37.0 Å². The molecule has 0 aromatic rings. The first kappa shape index (κ1) is 8.18. The van der Waals surface area contributed by atoms with Crippen LogP contribution in [0.4, 0.5) is 0 Å². The third-order valence-corrected chi connectivity index (χ3v) is 0.983. The lowest BCUT2D eigenvalue weighted by molar-refractivity contribution is 0.236. The minimum Gasteiger partial charge on any atom is -0.389 e. The molecule has 0 aliphatic heterocycles. The molecule has 0 bridgehead atoms. The van der Waals surface area contributed by atoms with Crippen LogP contribution >= 0.6 is 0 Å². The highest BCUT2D eigenvalue weighted by Crippen LogP contribution is 1.98. The van der Waals surface area contributed by atoms with E-state index < -0.39 is 6.10 Å². The van der Waals surface area contributed by atoms with Crippen LogP contribution in [-0.2, 0) is 0 Å². The van der Waals surface area contributed by atoms with E-state index in [0.717, 1.165) is 0 Å². The van der Waals surface area contributed by atoms with E-state index in [1.807, 2.05) is 0 Å². The quantitative estimate of drug-likeness (QED) is 0.567. The van der Waals surface area contributed by atoms with E-state index >= 15 is 0 Å². The van der Waals surface area contributed by atoms with Crippen molar-refractivity contribution in [1.29, 1.82) is 0 Å². The van der Waals surface area contributed by atoms with Gasteiger partial charge in [0, 0.05) is 0 Å². The van der Waals surface area contributed by atoms with Gasteiger partial charge in [-0.1, -0.05) is 31.4 Å². The van der Waals surface area contributed by atoms with Gasteiger partial charge in [-0.25, -0.2) is 0 Å². The summed E-state index contributed by atoms with van der Waals surface area (Å²) in [5.41, 5.74) is 0.704. The first-order chi connectivity index (χ1) is 4.18. The van der Waals surface area contributed by atoms with Crippen LogP contribution in [0.25, 0.3) is 0 Å². The zero-order chi connectivity index (χ0) is 7.28. The molecule has 1 heteroatoms. The predicted molar refractivity (Wildman–Crippen MR) is 40.2 cm³/mol. The van der Waals surface area contributed by atoms with Crippen molar-refractivity contribution in [2.75, 3.05) is 0 Å². The Labute approximate surface area is 56.0 Å². The number of aliphatic hydroxyl groups is 1. The Kier molecular flexibility index (Phi) is 3.72. The summed E-state index contributed by atoms with van der Waals surface area (Å²) in [6.07, 6.45) is 4.67. The van der Waals surface area contributed by atoms with Crippen molar-refractivity contribution in [3.8, 4) is 0 Å². The van der Waals surface area contributed by atoms with Crippen LogP contribution in [0, 0.1) is 0 Å². The minimum atomic E-state index is -0.457. The van der Waals surface area contributed by atoms with Crippen LogP contribution in [-0.4, -0.2) is 11.2 Å². The largest absolute Gasteiger partial charge is 0.389 e. The molecule has 9 heavy (non-hydrogen) atoms. The molecule has 0 saturated heterocycles. The van der Waals surface area contributed by atoms with Gasteiger partial charge in [0.1, 0.15) is 0 Å². The van der Waals surface area contributed by atoms with Crippen molar-refractivity contribution >= 4 is 0 Å². The van der Waals surface area contributed by atoms with Crippen LogP contribution < -0.4 is 0 Å². The molecule has 0 rings (SSSR count). The number of rotatable bonds is 3. The van der Waals surface area contributed by atoms with Gasteiger partial charge < -0.3 is 5.11 Å². The van der Waals surface area contributed by atoms with Crippen LogP contribution in [0.2, 0.25) is 0 Å². The SMILES string of the molecule is C=C/C=C\C(=C)C(C)O. The first-order valence-corrected chi connectivity index (χ1v) is 2.84. The summed E-state index contributed by atoms with van der Waals surface area (Å²) in [6, 6.07) is 0. The summed E-state index contributed by atoms with van der Waals surface area (Å²) < 4.78 is 0. The molecule has 0 heterocycles. The molecule has 1 unspecified atom stereocenters. The van der Waals surface area contributed by atoms with E-state index in [4.69, 9.17) is 5.11 Å². The molecule has 0 amide bonds. The van der Waals surface area contributed by atoms with Crippen LogP contribution in [0.5, 0.6) is 0 Å². The van der Waals surface area contributed by atoms with Crippen molar-refractivity contribution in [2.45, 2.75) is 13.0 Å². The molecule has 0 aromatic heterocycles. The fraction of sp³-hybridized carbons (Fsp3) is 0.250. The Hall–Kier alpha value is -0.820. The highest BCUT2D eigenvalue weighted by molar-refractivity contribution is 5.20. The molecular formula is C8H12O. The van der Waals surface area contributed by atoms with Gasteiger partial charge in [0.15, 0.2) is 0 Å². The Morgan fingerprint density at radius 2 is 2.22 bits per heavy atom. The Balaban J connectivity index is 3.76. The Bertz CT molecular complexity index is 132. The molecule has 0 saturated carbocycles. The third kappa shape index (κ3) is 3.74.